The van der Waals surface area contributed by atoms with Crippen LogP contribution in [0.15, 0.2) is 91.0 Å². The van der Waals surface area contributed by atoms with E-state index < -0.39 is 0 Å². The predicted octanol–water partition coefficient (Wildman–Crippen LogP) is 8.89. The maximum Gasteiger partial charge on any atom is -0.00803 e. The van der Waals surface area contributed by atoms with E-state index in [-0.39, 0.29) is 5.41 Å². The molecule has 0 saturated heterocycles. The van der Waals surface area contributed by atoms with Crippen LogP contribution in [0.1, 0.15) is 39.2 Å². The lowest BCUT2D eigenvalue weighted by Crippen LogP contribution is -2.19. The van der Waals surface area contributed by atoms with Crippen LogP contribution in [-0.2, 0) is 5.41 Å². The average Bonchev–Trinajstić information content (AvgIpc) is 2.83. The van der Waals surface area contributed by atoms with Crippen molar-refractivity contribution >= 4 is 32.3 Å². The van der Waals surface area contributed by atoms with E-state index in [1.165, 1.54) is 49.0 Å². The summed E-state index contributed by atoms with van der Waals surface area (Å²) in [7, 11) is 0. The summed E-state index contributed by atoms with van der Waals surface area (Å²) in [6.45, 7) is 6.97. The Hall–Kier alpha value is -3.12. The van der Waals surface area contributed by atoms with Crippen molar-refractivity contribution < 1.29 is 0 Å². The molecule has 0 heterocycles. The molecule has 5 aromatic rings. The van der Waals surface area contributed by atoms with Gasteiger partial charge in [-0.15, -0.1) is 0 Å². The third-order valence-corrected chi connectivity index (χ3v) is 7.20. The van der Waals surface area contributed by atoms with Gasteiger partial charge in [0.15, 0.2) is 0 Å². The van der Waals surface area contributed by atoms with Crippen molar-refractivity contribution in [1.29, 1.82) is 0 Å². The Balaban J connectivity index is 1.77. The van der Waals surface area contributed by atoms with Crippen LogP contribution in [-0.4, -0.2) is 0 Å². The molecular formula is C30H28. The van der Waals surface area contributed by atoms with Crippen molar-refractivity contribution in [2.45, 2.75) is 39.0 Å². The summed E-state index contributed by atoms with van der Waals surface area (Å²) < 4.78 is 0. The molecule has 0 aliphatic heterocycles. The van der Waals surface area contributed by atoms with Gasteiger partial charge in [-0.25, -0.2) is 0 Å². The van der Waals surface area contributed by atoms with Crippen molar-refractivity contribution in [2.24, 2.45) is 0 Å². The van der Waals surface area contributed by atoms with E-state index in [1.54, 1.807) is 0 Å². The topological polar surface area (TPSA) is 0 Å². The van der Waals surface area contributed by atoms with E-state index in [4.69, 9.17) is 0 Å². The number of hydrogen-bond donors (Lipinski definition) is 0. The average molecular weight is 389 g/mol. The molecule has 0 aliphatic carbocycles. The second-order valence-corrected chi connectivity index (χ2v) is 8.70. The summed E-state index contributed by atoms with van der Waals surface area (Å²) in [5.74, 6) is 0. The summed E-state index contributed by atoms with van der Waals surface area (Å²) in [6.07, 6.45) is 2.31. The van der Waals surface area contributed by atoms with E-state index in [2.05, 4.69) is 112 Å². The third kappa shape index (κ3) is 2.91. The zero-order valence-corrected chi connectivity index (χ0v) is 18.1. The van der Waals surface area contributed by atoms with E-state index in [0.717, 1.165) is 12.8 Å². The molecule has 0 spiro atoms. The summed E-state index contributed by atoms with van der Waals surface area (Å²) in [4.78, 5) is 0. The van der Waals surface area contributed by atoms with Crippen LogP contribution < -0.4 is 0 Å². The van der Waals surface area contributed by atoms with Crippen LogP contribution in [0.3, 0.4) is 0 Å². The maximum absolute atomic E-state index is 2.40. The molecule has 0 fully saturated rings. The fraction of sp³-hybridized carbons (Fsp3) is 0.200. The molecule has 0 aliphatic rings. The standard InChI is InChI=1S/C30H28/c1-4-30(3,5-2)23-12-10-11-21(19-23)22-17-18-28-26-15-7-6-13-24(26)25-14-8-9-16-27(25)29(28)20-22/h6-20H,4-5H2,1-3H3. The van der Waals surface area contributed by atoms with Crippen LogP contribution in [0.2, 0.25) is 0 Å². The fourth-order valence-electron chi connectivity index (χ4n) is 4.82. The first-order chi connectivity index (χ1) is 14.6. The highest BCUT2D eigenvalue weighted by atomic mass is 14.3. The monoisotopic (exact) mass is 388 g/mol. The Kier molecular flexibility index (Phi) is 4.59. The van der Waals surface area contributed by atoms with Crippen LogP contribution >= 0.6 is 0 Å². The largest absolute Gasteiger partial charge is 0.0645 e. The van der Waals surface area contributed by atoms with Gasteiger partial charge in [-0.05, 0) is 73.3 Å². The Labute approximate surface area is 179 Å². The van der Waals surface area contributed by atoms with Crippen LogP contribution in [0.25, 0.3) is 43.4 Å². The third-order valence-electron chi connectivity index (χ3n) is 7.20. The summed E-state index contributed by atoms with van der Waals surface area (Å²) in [5.41, 5.74) is 4.27. The number of fused-ring (bicyclic) bond motifs is 6. The Morgan fingerprint density at radius 3 is 1.57 bits per heavy atom. The number of hydrogen-bond acceptors (Lipinski definition) is 0. The van der Waals surface area contributed by atoms with Gasteiger partial charge < -0.3 is 0 Å². The highest BCUT2D eigenvalue weighted by Gasteiger charge is 2.22. The van der Waals surface area contributed by atoms with Crippen LogP contribution in [0, 0.1) is 0 Å². The molecule has 148 valence electrons. The molecule has 0 radical (unpaired) electrons. The Morgan fingerprint density at radius 2 is 1.00 bits per heavy atom. The summed E-state index contributed by atoms with van der Waals surface area (Å²) >= 11 is 0. The minimum absolute atomic E-state index is 0.232. The molecule has 0 unspecified atom stereocenters. The van der Waals surface area contributed by atoms with Gasteiger partial charge in [0, 0.05) is 0 Å². The number of rotatable bonds is 4. The molecule has 0 nitrogen and oxygen atoms in total. The lowest BCUT2D eigenvalue weighted by molar-refractivity contribution is 0.439. The molecule has 0 atom stereocenters. The molecule has 0 bridgehead atoms. The fourth-order valence-corrected chi connectivity index (χ4v) is 4.82. The van der Waals surface area contributed by atoms with Gasteiger partial charge in [-0.3, -0.25) is 0 Å². The molecule has 0 saturated carbocycles. The predicted molar refractivity (Wildman–Crippen MR) is 132 cm³/mol. The van der Waals surface area contributed by atoms with Crippen LogP contribution in [0.5, 0.6) is 0 Å². The SMILES string of the molecule is CCC(C)(CC)c1cccc(-c2ccc3c4ccccc4c4ccccc4c3c2)c1. The normalized spacial score (nSPS) is 12.1. The lowest BCUT2D eigenvalue weighted by atomic mass is 9.77. The lowest BCUT2D eigenvalue weighted by Gasteiger charge is -2.28. The van der Waals surface area contributed by atoms with Crippen molar-refractivity contribution in [1.82, 2.24) is 0 Å². The van der Waals surface area contributed by atoms with Gasteiger partial charge >= 0.3 is 0 Å². The first-order valence-corrected chi connectivity index (χ1v) is 11.1. The summed E-state index contributed by atoms with van der Waals surface area (Å²) in [6, 6.07) is 33.7. The van der Waals surface area contributed by atoms with Gasteiger partial charge in [0.1, 0.15) is 0 Å². The molecule has 0 amide bonds. The van der Waals surface area contributed by atoms with Gasteiger partial charge in [-0.1, -0.05) is 106 Å². The summed E-state index contributed by atoms with van der Waals surface area (Å²) in [5, 5.41) is 7.98. The van der Waals surface area contributed by atoms with Crippen LogP contribution in [0.4, 0.5) is 0 Å². The molecule has 0 aromatic heterocycles. The highest BCUT2D eigenvalue weighted by Crippen LogP contribution is 2.38. The molecule has 30 heavy (non-hydrogen) atoms. The molecule has 5 rings (SSSR count). The zero-order valence-electron chi connectivity index (χ0n) is 18.1. The van der Waals surface area contributed by atoms with Crippen molar-refractivity contribution in [2.75, 3.05) is 0 Å². The second kappa shape index (κ2) is 7.29. The van der Waals surface area contributed by atoms with Crippen molar-refractivity contribution in [3.63, 3.8) is 0 Å². The molecular weight excluding hydrogens is 360 g/mol. The van der Waals surface area contributed by atoms with Gasteiger partial charge in [0.05, 0.1) is 0 Å². The number of benzene rings is 5. The molecule has 0 heteroatoms. The Bertz CT molecular complexity index is 1330. The maximum atomic E-state index is 2.40. The minimum atomic E-state index is 0.232. The van der Waals surface area contributed by atoms with Gasteiger partial charge in [0.25, 0.3) is 0 Å². The highest BCUT2D eigenvalue weighted by molar-refractivity contribution is 6.25. The van der Waals surface area contributed by atoms with Gasteiger partial charge in [-0.2, -0.15) is 0 Å². The van der Waals surface area contributed by atoms with Crippen molar-refractivity contribution in [3.05, 3.63) is 96.6 Å². The first kappa shape index (κ1) is 18.9. The van der Waals surface area contributed by atoms with Crippen molar-refractivity contribution in [3.8, 4) is 11.1 Å². The first-order valence-electron chi connectivity index (χ1n) is 11.1. The quantitative estimate of drug-likeness (QED) is 0.270. The minimum Gasteiger partial charge on any atom is -0.0645 e. The van der Waals surface area contributed by atoms with E-state index in [1.807, 2.05) is 0 Å². The van der Waals surface area contributed by atoms with E-state index in [0.29, 0.717) is 0 Å². The zero-order chi connectivity index (χ0) is 20.7. The molecule has 0 N–H and O–H groups in total. The second-order valence-electron chi connectivity index (χ2n) is 8.70. The smallest absolute Gasteiger partial charge is 0.00803 e. The Morgan fingerprint density at radius 1 is 0.500 bits per heavy atom. The molecule has 5 aromatic carbocycles. The van der Waals surface area contributed by atoms with E-state index in [9.17, 15) is 0 Å². The van der Waals surface area contributed by atoms with Gasteiger partial charge in [0.2, 0.25) is 0 Å². The van der Waals surface area contributed by atoms with E-state index >= 15 is 0 Å².